The molecule has 0 bridgehead atoms. The summed E-state index contributed by atoms with van der Waals surface area (Å²) in [7, 11) is -4.17. The van der Waals surface area contributed by atoms with Gasteiger partial charge in [0.2, 0.25) is 5.95 Å². The van der Waals surface area contributed by atoms with Crippen LogP contribution in [0.5, 0.6) is 0 Å². The molecule has 0 saturated heterocycles. The fraction of sp³-hybridized carbons (Fsp3) is 0. The number of carboxylic acid groups (broad SMARTS) is 1. The summed E-state index contributed by atoms with van der Waals surface area (Å²) in [6.07, 6.45) is 2.71. The van der Waals surface area contributed by atoms with E-state index in [1.165, 1.54) is 12.4 Å². The van der Waals surface area contributed by atoms with Gasteiger partial charge in [-0.25, -0.2) is 27.3 Å². The third-order valence-corrected chi connectivity index (χ3v) is 3.57. The number of benzene rings is 1. The van der Waals surface area contributed by atoms with Crippen molar-refractivity contribution in [3.8, 4) is 0 Å². The lowest BCUT2D eigenvalue weighted by Gasteiger charge is -2.06. The second kappa shape index (κ2) is 4.69. The van der Waals surface area contributed by atoms with E-state index in [0.717, 1.165) is 12.1 Å². The van der Waals surface area contributed by atoms with Crippen molar-refractivity contribution < 1.29 is 22.7 Å². The molecule has 0 radical (unpaired) electrons. The minimum Gasteiger partial charge on any atom is -0.478 e. The number of anilines is 1. The molecule has 0 atom stereocenters. The quantitative estimate of drug-likeness (QED) is 0.777. The van der Waals surface area contributed by atoms with E-state index in [4.69, 9.17) is 5.11 Å². The smallest absolute Gasteiger partial charge is 0.335 e. The van der Waals surface area contributed by atoms with E-state index >= 15 is 0 Å². The van der Waals surface area contributed by atoms with Gasteiger partial charge in [-0.05, 0) is 18.2 Å². The highest BCUT2D eigenvalue weighted by molar-refractivity contribution is 7.92. The molecule has 2 rings (SSSR count). The van der Waals surface area contributed by atoms with Crippen LogP contribution in [0.2, 0.25) is 0 Å². The van der Waals surface area contributed by atoms with Gasteiger partial charge in [0.25, 0.3) is 10.0 Å². The monoisotopic (exact) mass is 285 g/mol. The molecule has 0 aliphatic heterocycles. The van der Waals surface area contributed by atoms with Gasteiger partial charge in [0, 0.05) is 12.4 Å². The van der Waals surface area contributed by atoms with Gasteiger partial charge in [-0.3, -0.25) is 0 Å². The van der Waals surface area contributed by atoms with Gasteiger partial charge in [-0.1, -0.05) is 0 Å². The van der Waals surface area contributed by atoms with Crippen LogP contribution in [0.1, 0.15) is 10.4 Å². The molecule has 9 heteroatoms. The predicted octanol–water partition coefficient (Wildman–Crippen LogP) is 1.05. The number of sulfonamides is 1. The maximum atomic E-state index is 13.6. The van der Waals surface area contributed by atoms with Crippen molar-refractivity contribution in [3.05, 3.63) is 42.0 Å². The Morgan fingerprint density at radius 2 is 2.16 bits per heavy atom. The summed E-state index contributed by atoms with van der Waals surface area (Å²) in [6, 6.07) is 2.52. The van der Waals surface area contributed by atoms with Gasteiger partial charge in [-0.2, -0.15) is 0 Å². The van der Waals surface area contributed by atoms with Crippen molar-refractivity contribution in [2.24, 2.45) is 0 Å². The first-order valence-corrected chi connectivity index (χ1v) is 6.43. The first-order chi connectivity index (χ1) is 8.90. The van der Waals surface area contributed by atoms with Crippen LogP contribution in [-0.2, 0) is 10.0 Å². The second-order valence-corrected chi connectivity index (χ2v) is 5.14. The normalized spacial score (nSPS) is 11.2. The summed E-state index contributed by atoms with van der Waals surface area (Å²) in [4.78, 5) is 16.1. The van der Waals surface area contributed by atoms with E-state index in [1.54, 1.807) is 0 Å². The highest BCUT2D eigenvalue weighted by Gasteiger charge is 2.21. The van der Waals surface area contributed by atoms with Crippen LogP contribution in [0.25, 0.3) is 0 Å². The fourth-order valence-electron chi connectivity index (χ4n) is 1.36. The minimum absolute atomic E-state index is 0.0679. The Balaban J connectivity index is 2.38. The van der Waals surface area contributed by atoms with E-state index in [1.807, 2.05) is 4.72 Å². The molecule has 100 valence electrons. The molecule has 0 fully saturated rings. The van der Waals surface area contributed by atoms with Crippen molar-refractivity contribution in [2.45, 2.75) is 4.90 Å². The zero-order valence-corrected chi connectivity index (χ0v) is 10.1. The molecule has 0 aliphatic carbocycles. The van der Waals surface area contributed by atoms with Crippen LogP contribution in [0.3, 0.4) is 0 Å². The molecule has 0 aliphatic rings. The Kier molecular flexibility index (Phi) is 3.21. The molecular formula is C10H8FN3O4S. The minimum atomic E-state index is -4.17. The van der Waals surface area contributed by atoms with Crippen molar-refractivity contribution >= 4 is 21.9 Å². The Bertz CT molecular complexity index is 712. The zero-order valence-electron chi connectivity index (χ0n) is 9.29. The number of aromatic amines is 1. The van der Waals surface area contributed by atoms with Gasteiger partial charge in [0.15, 0.2) is 0 Å². The van der Waals surface area contributed by atoms with Crippen LogP contribution in [-0.4, -0.2) is 29.5 Å². The number of carbonyl (C=O) groups is 1. The molecule has 1 aromatic carbocycles. The predicted molar refractivity (Wildman–Crippen MR) is 62.8 cm³/mol. The van der Waals surface area contributed by atoms with Gasteiger partial charge >= 0.3 is 5.97 Å². The maximum absolute atomic E-state index is 13.6. The number of hydrogen-bond acceptors (Lipinski definition) is 4. The molecule has 0 amide bonds. The SMILES string of the molecule is O=C(O)c1ccc(S(=O)(=O)Nc2ncc[nH]2)c(F)c1. The Morgan fingerprint density at radius 1 is 1.42 bits per heavy atom. The van der Waals surface area contributed by atoms with E-state index in [0.29, 0.717) is 6.07 Å². The van der Waals surface area contributed by atoms with Crippen LogP contribution < -0.4 is 4.72 Å². The van der Waals surface area contributed by atoms with Crippen molar-refractivity contribution in [3.63, 3.8) is 0 Å². The summed E-state index contributed by atoms with van der Waals surface area (Å²) in [6.45, 7) is 0. The van der Waals surface area contributed by atoms with Crippen molar-refractivity contribution in [1.82, 2.24) is 9.97 Å². The lowest BCUT2D eigenvalue weighted by molar-refractivity contribution is 0.0696. The average Bonchev–Trinajstić information content (AvgIpc) is 2.80. The first kappa shape index (κ1) is 13.0. The number of carboxylic acids is 1. The third kappa shape index (κ3) is 2.71. The van der Waals surface area contributed by atoms with Crippen molar-refractivity contribution in [1.29, 1.82) is 0 Å². The molecule has 0 spiro atoms. The first-order valence-electron chi connectivity index (χ1n) is 4.95. The lowest BCUT2D eigenvalue weighted by atomic mass is 10.2. The summed E-state index contributed by atoms with van der Waals surface area (Å²) >= 11 is 0. The molecule has 19 heavy (non-hydrogen) atoms. The summed E-state index contributed by atoms with van der Waals surface area (Å²) < 4.78 is 39.3. The number of nitrogens with one attached hydrogen (secondary N) is 2. The van der Waals surface area contributed by atoms with E-state index < -0.39 is 26.7 Å². The Hall–Kier alpha value is -2.42. The van der Waals surface area contributed by atoms with E-state index in [2.05, 4.69) is 9.97 Å². The van der Waals surface area contributed by atoms with Crippen LogP contribution in [0.15, 0.2) is 35.5 Å². The van der Waals surface area contributed by atoms with Gasteiger partial charge in [0.1, 0.15) is 10.7 Å². The van der Waals surface area contributed by atoms with Crippen LogP contribution in [0, 0.1) is 5.82 Å². The number of aromatic nitrogens is 2. The number of nitrogens with zero attached hydrogens (tertiary/aromatic N) is 1. The number of hydrogen-bond donors (Lipinski definition) is 3. The number of rotatable bonds is 4. The van der Waals surface area contributed by atoms with Gasteiger partial charge in [0.05, 0.1) is 5.56 Å². The molecule has 0 unspecified atom stereocenters. The van der Waals surface area contributed by atoms with E-state index in [-0.39, 0.29) is 11.5 Å². The van der Waals surface area contributed by atoms with Crippen molar-refractivity contribution in [2.75, 3.05) is 4.72 Å². The zero-order chi connectivity index (χ0) is 14.0. The molecule has 1 aromatic heterocycles. The summed E-state index contributed by atoms with van der Waals surface area (Å²) in [5.74, 6) is -2.57. The lowest BCUT2D eigenvalue weighted by Crippen LogP contribution is -2.16. The third-order valence-electron chi connectivity index (χ3n) is 2.20. The molecule has 2 aromatic rings. The van der Waals surface area contributed by atoms with Gasteiger partial charge < -0.3 is 10.1 Å². The topological polar surface area (TPSA) is 112 Å². The van der Waals surface area contributed by atoms with Gasteiger partial charge in [-0.15, -0.1) is 0 Å². The molecule has 3 N–H and O–H groups in total. The van der Waals surface area contributed by atoms with E-state index in [9.17, 15) is 17.6 Å². The maximum Gasteiger partial charge on any atom is 0.335 e. The highest BCUT2D eigenvalue weighted by atomic mass is 32.2. The fourth-order valence-corrected chi connectivity index (χ4v) is 2.39. The molecular weight excluding hydrogens is 277 g/mol. The number of halogens is 1. The molecule has 7 nitrogen and oxygen atoms in total. The summed E-state index contributed by atoms with van der Waals surface area (Å²) in [5, 5.41) is 8.66. The second-order valence-electron chi connectivity index (χ2n) is 3.49. The Labute approximate surface area is 107 Å². The molecule has 0 saturated carbocycles. The number of H-pyrrole nitrogens is 1. The largest absolute Gasteiger partial charge is 0.478 e. The standard InChI is InChI=1S/C10H8FN3O4S/c11-7-5-6(9(15)16)1-2-8(7)19(17,18)14-10-12-3-4-13-10/h1-5H,(H,15,16)(H2,12,13,14). The highest BCUT2D eigenvalue weighted by Crippen LogP contribution is 2.18. The Morgan fingerprint density at radius 3 is 2.68 bits per heavy atom. The number of aromatic carboxylic acids is 1. The van der Waals surface area contributed by atoms with Crippen LogP contribution in [0.4, 0.5) is 10.3 Å². The number of imidazole rings is 1. The molecule has 1 heterocycles. The average molecular weight is 285 g/mol. The van der Waals surface area contributed by atoms with Crippen LogP contribution >= 0.6 is 0 Å². The summed E-state index contributed by atoms with van der Waals surface area (Å²) in [5.41, 5.74) is -0.338.